The molecule has 0 atom stereocenters. The molecule has 0 aliphatic heterocycles. The standard InChI is InChI=1S/C63H43N3O/c1-63(2)53-20-10-6-16-47(53)48-34-33-46(39-54(48)63)64(43-27-24-40(25-28-43)41-26-35-57-52(38-41)49-17-7-11-21-55(49)65(57)42-14-4-3-5-15-42)44-29-31-45(32-30-44)66-56-22-12-8-18-50(56)61-58(66)36-37-60-62(61)51-19-9-13-23-59(51)67-60/h3-39H,1-2H3. The van der Waals surface area contributed by atoms with Gasteiger partial charge in [-0.15, -0.1) is 0 Å². The van der Waals surface area contributed by atoms with Gasteiger partial charge in [0.05, 0.1) is 22.1 Å². The van der Waals surface area contributed by atoms with Crippen molar-refractivity contribution in [2.24, 2.45) is 0 Å². The summed E-state index contributed by atoms with van der Waals surface area (Å²) in [5, 5.41) is 7.22. The van der Waals surface area contributed by atoms with Crippen molar-refractivity contribution in [1.29, 1.82) is 0 Å². The molecule has 14 rings (SSSR count). The quantitative estimate of drug-likeness (QED) is 0.167. The van der Waals surface area contributed by atoms with Gasteiger partial charge >= 0.3 is 0 Å². The van der Waals surface area contributed by atoms with Gasteiger partial charge < -0.3 is 18.5 Å². The van der Waals surface area contributed by atoms with E-state index in [1.807, 2.05) is 6.07 Å². The Bertz CT molecular complexity index is 4110. The average Bonchev–Trinajstić information content (AvgIpc) is 4.10. The molecule has 3 heterocycles. The first kappa shape index (κ1) is 37.7. The summed E-state index contributed by atoms with van der Waals surface area (Å²) in [6, 6.07) is 81.9. The molecule has 10 aromatic carbocycles. The van der Waals surface area contributed by atoms with Crippen LogP contribution in [0.15, 0.2) is 229 Å². The van der Waals surface area contributed by atoms with Crippen LogP contribution in [0.1, 0.15) is 25.0 Å². The largest absolute Gasteiger partial charge is 0.456 e. The van der Waals surface area contributed by atoms with E-state index in [9.17, 15) is 0 Å². The van der Waals surface area contributed by atoms with Gasteiger partial charge in [-0.2, -0.15) is 0 Å². The Hall–Kier alpha value is -8.60. The van der Waals surface area contributed by atoms with E-state index >= 15 is 0 Å². The molecular weight excluding hydrogens is 815 g/mol. The Morgan fingerprint density at radius 1 is 0.358 bits per heavy atom. The summed E-state index contributed by atoms with van der Waals surface area (Å²) >= 11 is 0. The Kier molecular flexibility index (Phi) is 8.00. The maximum atomic E-state index is 6.37. The van der Waals surface area contributed by atoms with E-state index in [1.54, 1.807) is 0 Å². The lowest BCUT2D eigenvalue weighted by atomic mass is 9.82. The molecule has 0 bridgehead atoms. The molecule has 1 aliphatic carbocycles. The summed E-state index contributed by atoms with van der Waals surface area (Å²) in [6.07, 6.45) is 0. The molecule has 0 saturated heterocycles. The van der Waals surface area contributed by atoms with Crippen LogP contribution in [0.5, 0.6) is 0 Å². The SMILES string of the molecule is CC1(C)c2ccccc2-c2ccc(N(c3ccc(-c4ccc5c(c4)c4ccccc4n5-c4ccccc4)cc3)c3ccc(-n4c5ccccc5c5c6c(ccc54)oc4ccccc46)cc3)cc21. The molecule has 0 N–H and O–H groups in total. The zero-order valence-corrected chi connectivity index (χ0v) is 37.1. The Morgan fingerprint density at radius 2 is 0.925 bits per heavy atom. The number of fused-ring (bicyclic) bond motifs is 13. The summed E-state index contributed by atoms with van der Waals surface area (Å²) in [5.41, 5.74) is 19.7. The highest BCUT2D eigenvalue weighted by atomic mass is 16.3. The maximum Gasteiger partial charge on any atom is 0.136 e. The molecule has 0 spiro atoms. The van der Waals surface area contributed by atoms with E-state index in [1.165, 1.54) is 71.5 Å². The minimum absolute atomic E-state index is 0.133. The third kappa shape index (κ3) is 5.54. The van der Waals surface area contributed by atoms with Crippen molar-refractivity contribution in [1.82, 2.24) is 9.13 Å². The first-order valence-corrected chi connectivity index (χ1v) is 23.2. The van der Waals surface area contributed by atoms with Gasteiger partial charge in [-0.3, -0.25) is 0 Å². The molecule has 13 aromatic rings. The smallest absolute Gasteiger partial charge is 0.136 e. The second-order valence-electron chi connectivity index (χ2n) is 18.5. The van der Waals surface area contributed by atoms with E-state index in [0.717, 1.165) is 55.9 Å². The van der Waals surface area contributed by atoms with Gasteiger partial charge in [0.15, 0.2) is 0 Å². The molecule has 0 radical (unpaired) electrons. The van der Waals surface area contributed by atoms with E-state index < -0.39 is 0 Å². The van der Waals surface area contributed by atoms with Crippen LogP contribution in [0.3, 0.4) is 0 Å². The van der Waals surface area contributed by atoms with Crippen molar-refractivity contribution in [2.45, 2.75) is 19.3 Å². The van der Waals surface area contributed by atoms with E-state index in [-0.39, 0.29) is 5.41 Å². The fourth-order valence-corrected chi connectivity index (χ4v) is 11.4. The van der Waals surface area contributed by atoms with Crippen LogP contribution < -0.4 is 4.90 Å². The van der Waals surface area contributed by atoms with E-state index in [2.05, 4.69) is 246 Å². The lowest BCUT2D eigenvalue weighted by Crippen LogP contribution is -2.16. The third-order valence-electron chi connectivity index (χ3n) is 14.5. The van der Waals surface area contributed by atoms with Crippen molar-refractivity contribution in [3.8, 4) is 33.6 Å². The van der Waals surface area contributed by atoms with Crippen molar-refractivity contribution in [3.63, 3.8) is 0 Å². The summed E-state index contributed by atoms with van der Waals surface area (Å²) in [6.45, 7) is 4.71. The first-order valence-electron chi connectivity index (χ1n) is 23.2. The summed E-state index contributed by atoms with van der Waals surface area (Å²) in [7, 11) is 0. The van der Waals surface area contributed by atoms with Crippen LogP contribution >= 0.6 is 0 Å². The van der Waals surface area contributed by atoms with Crippen LogP contribution in [0.2, 0.25) is 0 Å². The Balaban J connectivity index is 0.901. The molecule has 4 heteroatoms. The normalized spacial score (nSPS) is 13.0. The Labute approximate surface area is 387 Å². The first-order chi connectivity index (χ1) is 33.0. The second kappa shape index (κ2) is 14.2. The van der Waals surface area contributed by atoms with Gasteiger partial charge in [-0.05, 0) is 137 Å². The number of aromatic nitrogens is 2. The highest BCUT2D eigenvalue weighted by Gasteiger charge is 2.36. The molecule has 0 amide bonds. The molecule has 0 unspecified atom stereocenters. The Morgan fingerprint density at radius 3 is 1.73 bits per heavy atom. The minimum atomic E-state index is -0.133. The molecule has 0 fully saturated rings. The number of para-hydroxylation sites is 4. The maximum absolute atomic E-state index is 6.37. The van der Waals surface area contributed by atoms with Crippen LogP contribution in [-0.4, -0.2) is 9.13 Å². The van der Waals surface area contributed by atoms with Crippen LogP contribution in [-0.2, 0) is 5.41 Å². The fourth-order valence-electron chi connectivity index (χ4n) is 11.4. The van der Waals surface area contributed by atoms with Crippen molar-refractivity contribution in [3.05, 3.63) is 236 Å². The van der Waals surface area contributed by atoms with Crippen LogP contribution in [0.4, 0.5) is 17.1 Å². The summed E-state index contributed by atoms with van der Waals surface area (Å²) in [5.74, 6) is 0. The number of benzene rings is 10. The van der Waals surface area contributed by atoms with Gasteiger partial charge in [0.1, 0.15) is 11.2 Å². The highest BCUT2D eigenvalue weighted by molar-refractivity contribution is 6.27. The number of furan rings is 1. The summed E-state index contributed by atoms with van der Waals surface area (Å²) in [4.78, 5) is 2.41. The van der Waals surface area contributed by atoms with Crippen LogP contribution in [0, 0.1) is 0 Å². The zero-order valence-electron chi connectivity index (χ0n) is 37.1. The predicted molar refractivity (Wildman–Crippen MR) is 280 cm³/mol. The van der Waals surface area contributed by atoms with E-state index in [4.69, 9.17) is 4.42 Å². The summed E-state index contributed by atoms with van der Waals surface area (Å²) < 4.78 is 11.1. The van der Waals surface area contributed by atoms with Gasteiger partial charge in [0, 0.05) is 66.2 Å². The fraction of sp³-hybridized carbons (Fsp3) is 0.0476. The van der Waals surface area contributed by atoms with Crippen molar-refractivity contribution < 1.29 is 4.42 Å². The minimum Gasteiger partial charge on any atom is -0.456 e. The average molecular weight is 858 g/mol. The third-order valence-corrected chi connectivity index (χ3v) is 14.5. The van der Waals surface area contributed by atoms with Gasteiger partial charge in [-0.1, -0.05) is 135 Å². The van der Waals surface area contributed by atoms with Crippen molar-refractivity contribution in [2.75, 3.05) is 4.90 Å². The van der Waals surface area contributed by atoms with Gasteiger partial charge in [-0.25, -0.2) is 0 Å². The van der Waals surface area contributed by atoms with Gasteiger partial charge in [0.2, 0.25) is 0 Å². The number of nitrogens with zero attached hydrogens (tertiary/aromatic N) is 3. The lowest BCUT2D eigenvalue weighted by molar-refractivity contribution is 0.660. The number of anilines is 3. The molecule has 4 nitrogen and oxygen atoms in total. The van der Waals surface area contributed by atoms with Crippen LogP contribution in [0.25, 0.3) is 99.2 Å². The molecule has 1 aliphatic rings. The number of hydrogen-bond acceptors (Lipinski definition) is 2. The van der Waals surface area contributed by atoms with E-state index in [0.29, 0.717) is 0 Å². The topological polar surface area (TPSA) is 26.2 Å². The predicted octanol–water partition coefficient (Wildman–Crippen LogP) is 17.2. The lowest BCUT2D eigenvalue weighted by Gasteiger charge is -2.28. The van der Waals surface area contributed by atoms with Crippen molar-refractivity contribution >= 4 is 82.6 Å². The monoisotopic (exact) mass is 857 g/mol. The second-order valence-corrected chi connectivity index (χ2v) is 18.5. The molecular formula is C63H43N3O. The molecule has 0 saturated carbocycles. The molecule has 67 heavy (non-hydrogen) atoms. The zero-order chi connectivity index (χ0) is 44.4. The number of rotatable bonds is 6. The van der Waals surface area contributed by atoms with Gasteiger partial charge in [0.25, 0.3) is 0 Å². The molecule has 316 valence electrons. The molecule has 3 aromatic heterocycles. The highest BCUT2D eigenvalue weighted by Crippen LogP contribution is 2.51. The number of hydrogen-bond donors (Lipinski definition) is 0.